The van der Waals surface area contributed by atoms with Crippen LogP contribution in [0.1, 0.15) is 17.0 Å². The van der Waals surface area contributed by atoms with Crippen molar-refractivity contribution >= 4 is 40.6 Å². The lowest BCUT2D eigenvalue weighted by Gasteiger charge is -2.36. The summed E-state index contributed by atoms with van der Waals surface area (Å²) in [5, 5.41) is 5.43. The lowest BCUT2D eigenvalue weighted by molar-refractivity contribution is 0.398. The third kappa shape index (κ3) is 4.76. The molecule has 1 saturated heterocycles. The van der Waals surface area contributed by atoms with Crippen LogP contribution in [-0.2, 0) is 6.42 Å². The van der Waals surface area contributed by atoms with Crippen molar-refractivity contribution in [2.24, 2.45) is 5.92 Å². The maximum absolute atomic E-state index is 6.34. The summed E-state index contributed by atoms with van der Waals surface area (Å²) >= 11 is 18.6. The number of rotatable bonds is 6. The van der Waals surface area contributed by atoms with Crippen LogP contribution in [0.5, 0.6) is 0 Å². The van der Waals surface area contributed by atoms with Gasteiger partial charge in [-0.3, -0.25) is 0 Å². The molecule has 0 amide bonds. The molecule has 156 valence electrons. The molecule has 0 spiro atoms. The van der Waals surface area contributed by atoms with E-state index in [1.165, 1.54) is 11.1 Å². The molecule has 4 rings (SSSR count). The van der Waals surface area contributed by atoms with Gasteiger partial charge in [0.25, 0.3) is 0 Å². The van der Waals surface area contributed by atoms with Gasteiger partial charge in [-0.15, -0.1) is 0 Å². The Bertz CT molecular complexity index is 979. The number of aromatic nitrogens is 1. The fourth-order valence-corrected chi connectivity index (χ4v) is 4.81. The van der Waals surface area contributed by atoms with Gasteiger partial charge in [-0.1, -0.05) is 71.2 Å². The first-order valence-corrected chi connectivity index (χ1v) is 11.2. The van der Waals surface area contributed by atoms with Crippen molar-refractivity contribution in [3.05, 3.63) is 93.1 Å². The van der Waals surface area contributed by atoms with E-state index in [0.717, 1.165) is 25.3 Å². The lowest BCUT2D eigenvalue weighted by atomic mass is 9.81. The average Bonchev–Trinajstić information content (AvgIpc) is 3.24. The highest BCUT2D eigenvalue weighted by Crippen LogP contribution is 2.37. The fourth-order valence-electron chi connectivity index (χ4n) is 4.39. The molecule has 1 aliphatic rings. The standard InChI is InChI=1S/C24H24Cl3N3/c1-30(24-10-8-18(25)13-29-24)23(11-16-5-3-2-4-6-16)20-15-28-14-19(20)17-7-9-21(26)22(27)12-17/h2-10,12-13,19-20,23,28H,11,14-15H2,1H3. The predicted molar refractivity (Wildman–Crippen MR) is 127 cm³/mol. The SMILES string of the molecule is CN(c1ccc(Cl)cn1)C(Cc1ccccc1)C1CNCC1c1ccc(Cl)c(Cl)c1. The molecule has 0 aliphatic carbocycles. The minimum atomic E-state index is 0.246. The smallest absolute Gasteiger partial charge is 0.128 e. The molecule has 1 N–H and O–H groups in total. The molecular weight excluding hydrogens is 437 g/mol. The van der Waals surface area contributed by atoms with Crippen molar-refractivity contribution in [3.8, 4) is 0 Å². The maximum Gasteiger partial charge on any atom is 0.128 e. The van der Waals surface area contributed by atoms with Crippen LogP contribution >= 0.6 is 34.8 Å². The number of anilines is 1. The van der Waals surface area contributed by atoms with Crippen LogP contribution in [0.3, 0.4) is 0 Å². The van der Waals surface area contributed by atoms with Crippen LogP contribution in [0.15, 0.2) is 66.9 Å². The quantitative estimate of drug-likeness (QED) is 0.482. The second kappa shape index (κ2) is 9.57. The Morgan fingerprint density at radius 3 is 2.50 bits per heavy atom. The molecule has 0 radical (unpaired) electrons. The normalized spacial score (nSPS) is 19.6. The van der Waals surface area contributed by atoms with Gasteiger partial charge in [0.05, 0.1) is 15.1 Å². The molecule has 0 bridgehead atoms. The van der Waals surface area contributed by atoms with Gasteiger partial charge in [-0.05, 0) is 41.8 Å². The number of likely N-dealkylation sites (N-methyl/N-ethyl adjacent to an activating group) is 1. The third-order valence-electron chi connectivity index (χ3n) is 5.99. The van der Waals surface area contributed by atoms with E-state index >= 15 is 0 Å². The van der Waals surface area contributed by atoms with Crippen molar-refractivity contribution in [2.75, 3.05) is 25.0 Å². The number of nitrogens with one attached hydrogen (secondary N) is 1. The minimum Gasteiger partial charge on any atom is -0.356 e. The van der Waals surface area contributed by atoms with Crippen molar-refractivity contribution in [2.45, 2.75) is 18.4 Å². The Balaban J connectivity index is 1.68. The van der Waals surface area contributed by atoms with Gasteiger partial charge in [0.1, 0.15) is 5.82 Å². The Hall–Kier alpha value is -1.78. The van der Waals surface area contributed by atoms with E-state index in [4.69, 9.17) is 34.8 Å². The molecule has 30 heavy (non-hydrogen) atoms. The predicted octanol–water partition coefficient (Wildman–Crippen LogP) is 6.09. The Labute approximate surface area is 193 Å². The van der Waals surface area contributed by atoms with Crippen LogP contribution in [0, 0.1) is 5.92 Å². The van der Waals surface area contributed by atoms with Gasteiger partial charge < -0.3 is 10.2 Å². The van der Waals surface area contributed by atoms with Gasteiger partial charge >= 0.3 is 0 Å². The van der Waals surface area contributed by atoms with E-state index in [9.17, 15) is 0 Å². The van der Waals surface area contributed by atoms with Crippen LogP contribution in [-0.4, -0.2) is 31.2 Å². The van der Waals surface area contributed by atoms with Crippen molar-refractivity contribution in [1.29, 1.82) is 0 Å². The van der Waals surface area contributed by atoms with Gasteiger partial charge in [-0.25, -0.2) is 4.98 Å². The molecular formula is C24H24Cl3N3. The number of benzene rings is 2. The van der Waals surface area contributed by atoms with Crippen LogP contribution < -0.4 is 10.2 Å². The molecule has 0 saturated carbocycles. The Kier molecular flexibility index (Phi) is 6.84. The van der Waals surface area contributed by atoms with E-state index in [1.54, 1.807) is 6.20 Å². The molecule has 3 atom stereocenters. The van der Waals surface area contributed by atoms with Crippen LogP contribution in [0.4, 0.5) is 5.82 Å². The summed E-state index contributed by atoms with van der Waals surface area (Å²) in [6, 6.07) is 20.7. The summed E-state index contributed by atoms with van der Waals surface area (Å²) < 4.78 is 0. The number of halogens is 3. The molecule has 3 aromatic rings. The molecule has 1 fully saturated rings. The molecule has 2 heterocycles. The zero-order valence-corrected chi connectivity index (χ0v) is 19.0. The molecule has 3 unspecified atom stereocenters. The minimum absolute atomic E-state index is 0.246. The molecule has 3 nitrogen and oxygen atoms in total. The zero-order valence-electron chi connectivity index (χ0n) is 16.7. The topological polar surface area (TPSA) is 28.2 Å². The van der Waals surface area contributed by atoms with Crippen molar-refractivity contribution < 1.29 is 0 Å². The molecule has 2 aromatic carbocycles. The first-order chi connectivity index (χ1) is 14.5. The van der Waals surface area contributed by atoms with Gasteiger partial charge in [0.15, 0.2) is 0 Å². The average molecular weight is 461 g/mol. The van der Waals surface area contributed by atoms with Gasteiger partial charge in [-0.2, -0.15) is 0 Å². The van der Waals surface area contributed by atoms with Gasteiger partial charge in [0, 0.05) is 44.2 Å². The number of hydrogen-bond acceptors (Lipinski definition) is 3. The van der Waals surface area contributed by atoms with E-state index in [-0.39, 0.29) is 6.04 Å². The molecule has 6 heteroatoms. The number of hydrogen-bond donors (Lipinski definition) is 1. The highest BCUT2D eigenvalue weighted by Gasteiger charge is 2.37. The van der Waals surface area contributed by atoms with Crippen LogP contribution in [0.25, 0.3) is 0 Å². The highest BCUT2D eigenvalue weighted by molar-refractivity contribution is 6.42. The second-order valence-electron chi connectivity index (χ2n) is 7.80. The summed E-state index contributed by atoms with van der Waals surface area (Å²) in [5.41, 5.74) is 2.53. The van der Waals surface area contributed by atoms with Crippen molar-refractivity contribution in [1.82, 2.24) is 10.3 Å². The summed E-state index contributed by atoms with van der Waals surface area (Å²) in [6.45, 7) is 1.84. The second-order valence-corrected chi connectivity index (χ2v) is 9.06. The third-order valence-corrected chi connectivity index (χ3v) is 6.95. The van der Waals surface area contributed by atoms with E-state index in [2.05, 4.69) is 58.6 Å². The Morgan fingerprint density at radius 2 is 1.80 bits per heavy atom. The largest absolute Gasteiger partial charge is 0.356 e. The Morgan fingerprint density at radius 1 is 1.00 bits per heavy atom. The number of pyridine rings is 1. The summed E-state index contributed by atoms with van der Waals surface area (Å²) in [7, 11) is 2.12. The summed E-state index contributed by atoms with van der Waals surface area (Å²) in [5.74, 6) is 1.63. The first kappa shape index (κ1) is 21.5. The van der Waals surface area contributed by atoms with Gasteiger partial charge in [0.2, 0.25) is 0 Å². The maximum atomic E-state index is 6.34. The number of nitrogens with zero attached hydrogens (tertiary/aromatic N) is 2. The highest BCUT2D eigenvalue weighted by atomic mass is 35.5. The monoisotopic (exact) mass is 459 g/mol. The lowest BCUT2D eigenvalue weighted by Crippen LogP contribution is -2.43. The van der Waals surface area contributed by atoms with E-state index in [0.29, 0.717) is 26.9 Å². The fraction of sp³-hybridized carbons (Fsp3) is 0.292. The van der Waals surface area contributed by atoms with Crippen molar-refractivity contribution in [3.63, 3.8) is 0 Å². The van der Waals surface area contributed by atoms with Crippen LogP contribution in [0.2, 0.25) is 15.1 Å². The van der Waals surface area contributed by atoms with E-state index < -0.39 is 0 Å². The molecule has 1 aliphatic heterocycles. The van der Waals surface area contributed by atoms with E-state index in [1.807, 2.05) is 24.3 Å². The first-order valence-electron chi connectivity index (χ1n) is 10.1. The molecule has 1 aromatic heterocycles. The zero-order chi connectivity index (χ0) is 21.1. The summed E-state index contributed by atoms with van der Waals surface area (Å²) in [4.78, 5) is 6.85. The summed E-state index contributed by atoms with van der Waals surface area (Å²) in [6.07, 6.45) is 2.63.